The second kappa shape index (κ2) is 9.96. The van der Waals surface area contributed by atoms with Gasteiger partial charge in [0.15, 0.2) is 6.29 Å². The number of aliphatic hydroxyl groups excluding tert-OH is 1. The van der Waals surface area contributed by atoms with Crippen molar-refractivity contribution >= 4 is 16.9 Å². The van der Waals surface area contributed by atoms with E-state index in [-0.39, 0.29) is 5.92 Å². The van der Waals surface area contributed by atoms with E-state index in [1.165, 1.54) is 16.8 Å². The number of rotatable bonds is 8. The van der Waals surface area contributed by atoms with Gasteiger partial charge in [-0.25, -0.2) is 4.98 Å². The highest BCUT2D eigenvalue weighted by Gasteiger charge is 2.44. The second-order valence-electron chi connectivity index (χ2n) is 10.3. The van der Waals surface area contributed by atoms with E-state index in [4.69, 9.17) is 9.72 Å². The fraction of sp³-hybridized carbons (Fsp3) is 0.367. The van der Waals surface area contributed by atoms with E-state index in [2.05, 4.69) is 104 Å². The number of aromatic amines is 1. The van der Waals surface area contributed by atoms with E-state index < -0.39 is 6.29 Å². The molecule has 5 rings (SSSR count). The molecular weight excluding hydrogens is 448 g/mol. The first-order chi connectivity index (χ1) is 17.4. The highest BCUT2D eigenvalue weighted by molar-refractivity contribution is 5.82. The molecule has 1 heterocycles. The van der Waals surface area contributed by atoms with Crippen LogP contribution in [0.3, 0.4) is 0 Å². The smallest absolute Gasteiger partial charge is 0.157 e. The Morgan fingerprint density at radius 3 is 2.03 bits per heavy atom. The Labute approximate surface area is 213 Å². The largest absolute Gasteiger partial charge is 0.378 e. The molecule has 0 bridgehead atoms. The molecule has 0 aliphatic heterocycles. The zero-order valence-electron chi connectivity index (χ0n) is 21.8. The lowest BCUT2D eigenvalue weighted by molar-refractivity contribution is -0.0906. The van der Waals surface area contributed by atoms with Gasteiger partial charge in [-0.2, -0.15) is 0 Å². The van der Waals surface area contributed by atoms with Crippen molar-refractivity contribution in [3.63, 3.8) is 0 Å². The number of H-pyrrole nitrogens is 1. The first-order valence-electron chi connectivity index (χ1n) is 12.6. The number of imidazole rings is 1. The number of anilines is 2. The molecule has 6 heteroatoms. The van der Waals surface area contributed by atoms with Crippen LogP contribution < -0.4 is 9.80 Å². The van der Waals surface area contributed by atoms with Crippen molar-refractivity contribution in [2.45, 2.75) is 25.6 Å². The molecule has 0 spiro atoms. The number of allylic oxidation sites excluding steroid dienone is 4. The summed E-state index contributed by atoms with van der Waals surface area (Å²) in [5.74, 6) is 1.59. The standard InChI is InChI=1S/C30H36N4O2/c1-33(2)23-14-10-20(11-15-23)27-28(21-12-16-24(17-13-21)34(3)4)32-29(31-27)22-8-6-19(7-9-22)25-18-26(25)30(35)36-5/h6,8,10-17,25-26,30,35H,7,9,18H2,1-5H3,(H,31,32). The van der Waals surface area contributed by atoms with Crippen molar-refractivity contribution in [3.05, 3.63) is 72.1 Å². The molecule has 2 aliphatic carbocycles. The average Bonchev–Trinajstić information content (AvgIpc) is 3.58. The van der Waals surface area contributed by atoms with Gasteiger partial charge in [0.25, 0.3) is 0 Å². The minimum Gasteiger partial charge on any atom is -0.378 e. The predicted octanol–water partition coefficient (Wildman–Crippen LogP) is 5.58. The van der Waals surface area contributed by atoms with Crippen LogP contribution in [0, 0.1) is 11.8 Å². The van der Waals surface area contributed by atoms with Gasteiger partial charge < -0.3 is 24.6 Å². The van der Waals surface area contributed by atoms with Gasteiger partial charge in [-0.15, -0.1) is 0 Å². The molecule has 3 aromatic rings. The minimum atomic E-state index is -0.658. The first-order valence-corrected chi connectivity index (χ1v) is 12.6. The summed E-state index contributed by atoms with van der Waals surface area (Å²) in [7, 11) is 9.78. The Hall–Kier alpha value is -3.35. The third-order valence-electron chi connectivity index (χ3n) is 7.44. The maximum atomic E-state index is 9.99. The average molecular weight is 485 g/mol. The van der Waals surface area contributed by atoms with Crippen LogP contribution in [0.2, 0.25) is 0 Å². The molecule has 1 saturated carbocycles. The molecule has 0 saturated heterocycles. The molecule has 3 unspecified atom stereocenters. The second-order valence-corrected chi connectivity index (χ2v) is 10.3. The Kier molecular flexibility index (Phi) is 6.73. The van der Waals surface area contributed by atoms with Crippen LogP contribution >= 0.6 is 0 Å². The molecular formula is C30H36N4O2. The molecule has 2 aromatic carbocycles. The summed E-state index contributed by atoms with van der Waals surface area (Å²) in [6.07, 6.45) is 6.70. The summed E-state index contributed by atoms with van der Waals surface area (Å²) >= 11 is 0. The SMILES string of the molecule is COC(O)C1CC1C1=CC=C(c2nc(-c3ccc(N(C)C)cc3)c(-c3ccc(N(C)C)cc3)[nH]2)CC1. The van der Waals surface area contributed by atoms with Crippen LogP contribution in [0.15, 0.2) is 66.3 Å². The summed E-state index contributed by atoms with van der Waals surface area (Å²) in [5.41, 5.74) is 9.17. The van der Waals surface area contributed by atoms with Crippen molar-refractivity contribution in [1.29, 1.82) is 0 Å². The fourth-order valence-electron chi connectivity index (χ4n) is 5.08. The van der Waals surface area contributed by atoms with E-state index in [1.807, 2.05) is 0 Å². The van der Waals surface area contributed by atoms with Crippen LogP contribution in [0.4, 0.5) is 11.4 Å². The lowest BCUT2D eigenvalue weighted by atomic mass is 9.94. The van der Waals surface area contributed by atoms with Gasteiger partial charge >= 0.3 is 0 Å². The Morgan fingerprint density at radius 1 is 0.889 bits per heavy atom. The molecule has 1 fully saturated rings. The topological polar surface area (TPSA) is 64.6 Å². The summed E-state index contributed by atoms with van der Waals surface area (Å²) in [6, 6.07) is 17.2. The molecule has 2 N–H and O–H groups in total. The summed E-state index contributed by atoms with van der Waals surface area (Å²) in [6.45, 7) is 0. The number of hydrogen-bond acceptors (Lipinski definition) is 5. The van der Waals surface area contributed by atoms with Crippen molar-refractivity contribution in [1.82, 2.24) is 9.97 Å². The maximum Gasteiger partial charge on any atom is 0.157 e. The normalized spacial score (nSPS) is 19.9. The number of hydrogen-bond donors (Lipinski definition) is 2. The summed E-state index contributed by atoms with van der Waals surface area (Å²) in [5, 5.41) is 9.99. The lowest BCUT2D eigenvalue weighted by Crippen LogP contribution is -2.13. The van der Waals surface area contributed by atoms with Gasteiger partial charge in [0.1, 0.15) is 5.82 Å². The van der Waals surface area contributed by atoms with Crippen molar-refractivity contribution in [3.8, 4) is 22.5 Å². The van der Waals surface area contributed by atoms with E-state index in [0.717, 1.165) is 53.3 Å². The summed E-state index contributed by atoms with van der Waals surface area (Å²) in [4.78, 5) is 13.0. The Balaban J connectivity index is 1.48. The predicted molar refractivity (Wildman–Crippen MR) is 148 cm³/mol. The molecule has 6 nitrogen and oxygen atoms in total. The number of benzene rings is 2. The number of nitrogens with zero attached hydrogens (tertiary/aromatic N) is 3. The summed E-state index contributed by atoms with van der Waals surface area (Å²) < 4.78 is 5.12. The minimum absolute atomic E-state index is 0.230. The van der Waals surface area contributed by atoms with Gasteiger partial charge in [0, 0.05) is 63.7 Å². The lowest BCUT2D eigenvalue weighted by Gasteiger charge is -2.14. The molecule has 3 atom stereocenters. The third kappa shape index (κ3) is 4.84. The van der Waals surface area contributed by atoms with E-state index in [9.17, 15) is 5.11 Å². The van der Waals surface area contributed by atoms with Crippen LogP contribution in [-0.4, -0.2) is 56.7 Å². The highest BCUT2D eigenvalue weighted by Crippen LogP contribution is 2.49. The van der Waals surface area contributed by atoms with Gasteiger partial charge in [-0.3, -0.25) is 0 Å². The number of methoxy groups -OCH3 is 1. The quantitative estimate of drug-likeness (QED) is 0.409. The number of nitrogens with one attached hydrogen (secondary N) is 1. The number of aliphatic hydroxyl groups is 1. The van der Waals surface area contributed by atoms with E-state index in [1.54, 1.807) is 7.11 Å². The monoisotopic (exact) mass is 484 g/mol. The first kappa shape index (κ1) is 24.3. The molecule has 36 heavy (non-hydrogen) atoms. The molecule has 2 aliphatic rings. The van der Waals surface area contributed by atoms with Crippen LogP contribution in [0.25, 0.3) is 28.1 Å². The number of ether oxygens (including phenoxy) is 1. The zero-order chi connectivity index (χ0) is 25.4. The van der Waals surface area contributed by atoms with Crippen LogP contribution in [0.5, 0.6) is 0 Å². The molecule has 1 aromatic heterocycles. The van der Waals surface area contributed by atoms with E-state index >= 15 is 0 Å². The van der Waals surface area contributed by atoms with Gasteiger partial charge in [0.05, 0.1) is 11.4 Å². The molecule has 0 radical (unpaired) electrons. The highest BCUT2D eigenvalue weighted by atomic mass is 16.6. The van der Waals surface area contributed by atoms with Gasteiger partial charge in [0.2, 0.25) is 0 Å². The van der Waals surface area contributed by atoms with Gasteiger partial charge in [-0.05, 0) is 55.0 Å². The maximum absolute atomic E-state index is 9.99. The molecule has 0 amide bonds. The van der Waals surface area contributed by atoms with Crippen molar-refractivity contribution in [2.24, 2.45) is 11.8 Å². The van der Waals surface area contributed by atoms with Crippen molar-refractivity contribution in [2.75, 3.05) is 45.1 Å². The number of aromatic nitrogens is 2. The molecule has 188 valence electrons. The third-order valence-corrected chi connectivity index (χ3v) is 7.44. The zero-order valence-corrected chi connectivity index (χ0v) is 21.8. The van der Waals surface area contributed by atoms with Crippen LogP contribution in [0.1, 0.15) is 25.1 Å². The van der Waals surface area contributed by atoms with E-state index in [0.29, 0.717) is 5.92 Å². The van der Waals surface area contributed by atoms with Crippen LogP contribution in [-0.2, 0) is 4.74 Å². The Bertz CT molecular complexity index is 1200. The van der Waals surface area contributed by atoms with Crippen molar-refractivity contribution < 1.29 is 9.84 Å². The van der Waals surface area contributed by atoms with Gasteiger partial charge in [-0.1, -0.05) is 42.0 Å². The fourth-order valence-corrected chi connectivity index (χ4v) is 5.08. The Morgan fingerprint density at radius 2 is 1.50 bits per heavy atom.